The van der Waals surface area contributed by atoms with Crippen LogP contribution in [0.3, 0.4) is 0 Å². The number of aromatic nitrogens is 2. The summed E-state index contributed by atoms with van der Waals surface area (Å²) in [4.78, 5) is 4.75. The molecule has 156 valence electrons. The number of nitrogens with zero attached hydrogens (tertiary/aromatic N) is 3. The van der Waals surface area contributed by atoms with Gasteiger partial charge in [0.15, 0.2) is 5.96 Å². The zero-order valence-electron chi connectivity index (χ0n) is 17.6. The van der Waals surface area contributed by atoms with Gasteiger partial charge in [-0.2, -0.15) is 5.10 Å². The van der Waals surface area contributed by atoms with Crippen LogP contribution in [0.15, 0.2) is 47.7 Å². The van der Waals surface area contributed by atoms with E-state index in [4.69, 9.17) is 4.99 Å². The van der Waals surface area contributed by atoms with Crippen molar-refractivity contribution < 1.29 is 5.11 Å². The molecule has 0 aliphatic heterocycles. The Morgan fingerprint density at radius 2 is 1.86 bits per heavy atom. The van der Waals surface area contributed by atoms with Crippen molar-refractivity contribution in [2.45, 2.75) is 39.7 Å². The summed E-state index contributed by atoms with van der Waals surface area (Å²) in [5, 5.41) is 21.4. The second-order valence-electron chi connectivity index (χ2n) is 8.05. The number of aliphatic imine (C=N–C) groups is 1. The number of halogens is 1. The molecular weight excluding hydrogens is 465 g/mol. The first kappa shape index (κ1) is 24.4. The predicted molar refractivity (Wildman–Crippen MR) is 126 cm³/mol. The molecule has 1 aromatic heterocycles. The Balaban J connectivity index is 0.00000392. The lowest BCUT2D eigenvalue weighted by atomic mass is 9.86. The van der Waals surface area contributed by atoms with E-state index in [1.807, 2.05) is 26.2 Å². The molecule has 0 spiro atoms. The Morgan fingerprint density at radius 1 is 1.18 bits per heavy atom. The maximum absolute atomic E-state index is 10.7. The number of aryl methyl sites for hydroxylation is 1. The lowest BCUT2D eigenvalue weighted by Gasteiger charge is -2.26. The molecule has 0 bridgehead atoms. The second kappa shape index (κ2) is 10.8. The van der Waals surface area contributed by atoms with Gasteiger partial charge in [0.1, 0.15) is 5.60 Å². The van der Waals surface area contributed by atoms with E-state index in [1.165, 1.54) is 5.56 Å². The van der Waals surface area contributed by atoms with Gasteiger partial charge in [0.25, 0.3) is 0 Å². The molecule has 0 aliphatic rings. The number of aliphatic hydroxyl groups is 1. The smallest absolute Gasteiger partial charge is 0.191 e. The van der Waals surface area contributed by atoms with E-state index in [9.17, 15) is 5.11 Å². The molecule has 0 aliphatic carbocycles. The predicted octanol–water partition coefficient (Wildman–Crippen LogP) is 3.07. The average Bonchev–Trinajstić information content (AvgIpc) is 3.05. The highest BCUT2D eigenvalue weighted by molar-refractivity contribution is 14.0. The number of rotatable bonds is 8. The van der Waals surface area contributed by atoms with Crippen molar-refractivity contribution >= 4 is 29.9 Å². The van der Waals surface area contributed by atoms with Crippen LogP contribution in [0.5, 0.6) is 0 Å². The van der Waals surface area contributed by atoms with Crippen molar-refractivity contribution in [3.8, 4) is 0 Å². The molecule has 0 fully saturated rings. The molecular formula is C21H34IN5O. The Morgan fingerprint density at radius 3 is 2.43 bits per heavy atom. The lowest BCUT2D eigenvalue weighted by molar-refractivity contribution is 0.0616. The number of guanidine groups is 1. The standard InChI is InChI=1S/C21H33N5O.HI/c1-6-22-19(24-16-21(4,27)18-13-25-26(5)14-18)23-15-20(2,3)12-17-10-8-7-9-11-17;/h7-11,13-14,27H,6,12,15-16H2,1-5H3,(H2,22,23,24);1H. The first-order chi connectivity index (χ1) is 12.7. The van der Waals surface area contributed by atoms with Crippen LogP contribution in [-0.2, 0) is 19.1 Å². The average molecular weight is 499 g/mol. The van der Waals surface area contributed by atoms with Gasteiger partial charge in [-0.3, -0.25) is 9.67 Å². The molecule has 0 radical (unpaired) electrons. The van der Waals surface area contributed by atoms with E-state index in [0.29, 0.717) is 19.0 Å². The van der Waals surface area contributed by atoms with E-state index in [2.05, 4.69) is 53.8 Å². The molecule has 2 rings (SSSR count). The monoisotopic (exact) mass is 499 g/mol. The van der Waals surface area contributed by atoms with Gasteiger partial charge in [-0.1, -0.05) is 44.2 Å². The fourth-order valence-electron chi connectivity index (χ4n) is 2.90. The van der Waals surface area contributed by atoms with Crippen LogP contribution in [0.2, 0.25) is 0 Å². The van der Waals surface area contributed by atoms with Crippen molar-refractivity contribution in [3.05, 3.63) is 53.9 Å². The molecule has 1 aromatic carbocycles. The van der Waals surface area contributed by atoms with Gasteiger partial charge in [0, 0.05) is 31.9 Å². The van der Waals surface area contributed by atoms with Crippen molar-refractivity contribution in [1.82, 2.24) is 20.4 Å². The molecule has 1 unspecified atom stereocenters. The third-order valence-electron chi connectivity index (χ3n) is 4.46. The minimum Gasteiger partial charge on any atom is -0.383 e. The van der Waals surface area contributed by atoms with E-state index >= 15 is 0 Å². The molecule has 1 atom stereocenters. The Bertz CT molecular complexity index is 740. The highest BCUT2D eigenvalue weighted by Gasteiger charge is 2.25. The maximum Gasteiger partial charge on any atom is 0.191 e. The van der Waals surface area contributed by atoms with Crippen molar-refractivity contribution in [2.75, 3.05) is 19.6 Å². The Hall–Kier alpha value is -1.61. The molecule has 1 heterocycles. The summed E-state index contributed by atoms with van der Waals surface area (Å²) >= 11 is 0. The van der Waals surface area contributed by atoms with Gasteiger partial charge < -0.3 is 15.7 Å². The Labute approximate surface area is 185 Å². The van der Waals surface area contributed by atoms with Gasteiger partial charge in [-0.25, -0.2) is 0 Å². The van der Waals surface area contributed by atoms with E-state index < -0.39 is 5.60 Å². The normalized spacial score (nSPS) is 14.1. The van der Waals surface area contributed by atoms with Crippen molar-refractivity contribution in [2.24, 2.45) is 17.5 Å². The maximum atomic E-state index is 10.7. The zero-order valence-corrected chi connectivity index (χ0v) is 19.9. The zero-order chi connectivity index (χ0) is 19.9. The molecule has 0 saturated carbocycles. The van der Waals surface area contributed by atoms with E-state index in [0.717, 1.165) is 18.5 Å². The molecule has 0 amide bonds. The SMILES string of the molecule is CCNC(=NCC(C)(C)Cc1ccccc1)NCC(C)(O)c1cnn(C)c1.I. The topological polar surface area (TPSA) is 74.5 Å². The number of nitrogens with one attached hydrogen (secondary N) is 2. The van der Waals surface area contributed by atoms with Crippen LogP contribution in [0.1, 0.15) is 38.8 Å². The number of benzene rings is 1. The van der Waals surface area contributed by atoms with Crippen LogP contribution in [0, 0.1) is 5.41 Å². The van der Waals surface area contributed by atoms with Crippen molar-refractivity contribution in [3.63, 3.8) is 0 Å². The number of hydrogen-bond donors (Lipinski definition) is 3. The molecule has 3 N–H and O–H groups in total. The summed E-state index contributed by atoms with van der Waals surface area (Å²) in [5.74, 6) is 0.711. The molecule has 7 heteroatoms. The van der Waals surface area contributed by atoms with Gasteiger partial charge in [-0.15, -0.1) is 24.0 Å². The van der Waals surface area contributed by atoms with Gasteiger partial charge in [0.2, 0.25) is 0 Å². The van der Waals surface area contributed by atoms with Crippen LogP contribution in [-0.4, -0.2) is 40.5 Å². The summed E-state index contributed by atoms with van der Waals surface area (Å²) in [6.45, 7) is 10.1. The van der Waals surface area contributed by atoms with Crippen molar-refractivity contribution in [1.29, 1.82) is 0 Å². The molecule has 28 heavy (non-hydrogen) atoms. The Kier molecular flexibility index (Phi) is 9.43. The minimum atomic E-state index is -1.02. The van der Waals surface area contributed by atoms with Gasteiger partial charge >= 0.3 is 0 Å². The lowest BCUT2D eigenvalue weighted by Crippen LogP contribution is -2.45. The second-order valence-corrected chi connectivity index (χ2v) is 8.05. The fraction of sp³-hybridized carbons (Fsp3) is 0.524. The van der Waals surface area contributed by atoms with Crippen LogP contribution in [0.25, 0.3) is 0 Å². The van der Waals surface area contributed by atoms with Crippen LogP contribution < -0.4 is 10.6 Å². The van der Waals surface area contributed by atoms with Gasteiger partial charge in [0.05, 0.1) is 12.7 Å². The largest absolute Gasteiger partial charge is 0.383 e. The summed E-state index contributed by atoms with van der Waals surface area (Å²) < 4.78 is 1.69. The summed E-state index contributed by atoms with van der Waals surface area (Å²) in [7, 11) is 1.84. The molecule has 0 saturated heterocycles. The highest BCUT2D eigenvalue weighted by Crippen LogP contribution is 2.22. The summed E-state index contributed by atoms with van der Waals surface area (Å²) in [6.07, 6.45) is 4.48. The first-order valence-corrected chi connectivity index (χ1v) is 9.49. The summed E-state index contributed by atoms with van der Waals surface area (Å²) in [6, 6.07) is 10.5. The fourth-order valence-corrected chi connectivity index (χ4v) is 2.90. The van der Waals surface area contributed by atoms with Crippen LogP contribution >= 0.6 is 24.0 Å². The van der Waals surface area contributed by atoms with Gasteiger partial charge in [-0.05, 0) is 31.2 Å². The highest BCUT2D eigenvalue weighted by atomic mass is 127. The van der Waals surface area contributed by atoms with Crippen LogP contribution in [0.4, 0.5) is 0 Å². The third kappa shape index (κ3) is 7.79. The van der Waals surface area contributed by atoms with E-state index in [1.54, 1.807) is 17.8 Å². The summed E-state index contributed by atoms with van der Waals surface area (Å²) in [5.41, 5.74) is 1.10. The molecule has 6 nitrogen and oxygen atoms in total. The quantitative estimate of drug-likeness (QED) is 0.297. The number of hydrogen-bond acceptors (Lipinski definition) is 3. The third-order valence-corrected chi connectivity index (χ3v) is 4.46. The van der Waals surface area contributed by atoms with E-state index in [-0.39, 0.29) is 29.4 Å². The first-order valence-electron chi connectivity index (χ1n) is 9.49. The molecule has 2 aromatic rings. The minimum absolute atomic E-state index is 0.